The number of phosphoric acid groups is 1. The van der Waals surface area contributed by atoms with E-state index in [1.165, 1.54) is 11.1 Å². The van der Waals surface area contributed by atoms with Crippen molar-refractivity contribution in [2.75, 3.05) is 34.4 Å². The largest absolute Gasteiger partial charge is 0.494 e. The predicted molar refractivity (Wildman–Crippen MR) is 126 cm³/mol. The van der Waals surface area contributed by atoms with Crippen molar-refractivity contribution >= 4 is 13.8 Å². The Bertz CT molecular complexity index is 780. The second-order valence-corrected chi connectivity index (χ2v) is 10.7. The number of carbonyl (C=O) groups is 1. The minimum absolute atomic E-state index is 0.0178. The van der Waals surface area contributed by atoms with Crippen LogP contribution in [0.2, 0.25) is 0 Å². The molecule has 3 N–H and O–H groups in total. The molecule has 0 aliphatic heterocycles. The molecule has 0 aliphatic rings. The monoisotopic (exact) mass is 490 g/mol. The van der Waals surface area contributed by atoms with Crippen LogP contribution in [0.3, 0.4) is 0 Å². The smallest absolute Gasteiger partial charge is 0.472 e. The van der Waals surface area contributed by atoms with E-state index in [0.717, 1.165) is 37.9 Å². The molecular weight excluding hydrogens is 449 g/mol. The highest BCUT2D eigenvalue weighted by Crippen LogP contribution is 2.46. The van der Waals surface area contributed by atoms with Gasteiger partial charge < -0.3 is 24.3 Å². The van der Waals surface area contributed by atoms with Gasteiger partial charge in [-0.15, -0.1) is 0 Å². The molecule has 1 aromatic carbocycles. The maximum absolute atomic E-state index is 12.2. The maximum atomic E-state index is 12.2. The van der Waals surface area contributed by atoms with Gasteiger partial charge in [0.05, 0.1) is 40.8 Å². The van der Waals surface area contributed by atoms with E-state index in [1.807, 2.05) is 12.1 Å². The Morgan fingerprint density at radius 2 is 1.58 bits per heavy atom. The van der Waals surface area contributed by atoms with Gasteiger partial charge >= 0.3 is 13.8 Å². The van der Waals surface area contributed by atoms with Crippen molar-refractivity contribution in [2.45, 2.75) is 71.1 Å². The molecule has 3 atom stereocenters. The summed E-state index contributed by atoms with van der Waals surface area (Å²) >= 11 is 0. The third-order valence-electron chi connectivity index (χ3n) is 5.31. The normalized spacial score (nSPS) is 15.6. The van der Waals surface area contributed by atoms with Crippen LogP contribution >= 0.6 is 7.82 Å². The lowest BCUT2D eigenvalue weighted by atomic mass is 10.1. The minimum atomic E-state index is -4.48. The summed E-state index contributed by atoms with van der Waals surface area (Å²) in [5.74, 6) is -0.350. The molecule has 1 rings (SSSR count). The van der Waals surface area contributed by atoms with E-state index in [1.54, 1.807) is 21.1 Å². The molecule has 0 aliphatic carbocycles. The van der Waals surface area contributed by atoms with Crippen LogP contribution in [-0.4, -0.2) is 72.2 Å². The molecule has 2 unspecified atom stereocenters. The van der Waals surface area contributed by atoms with Crippen molar-refractivity contribution in [3.63, 3.8) is 0 Å². The summed E-state index contributed by atoms with van der Waals surface area (Å²) in [6, 6.07) is 6.09. The number of hydrogen-bond acceptors (Lipinski definition) is 6. The van der Waals surface area contributed by atoms with Crippen LogP contribution in [-0.2, 0) is 18.4 Å². The number of aliphatic hydroxyl groups excluding tert-OH is 1. The van der Waals surface area contributed by atoms with Crippen molar-refractivity contribution in [2.24, 2.45) is 0 Å². The van der Waals surface area contributed by atoms with E-state index in [9.17, 15) is 19.4 Å². The predicted octanol–water partition coefficient (Wildman–Crippen LogP) is 4.02. The number of phosphoric ester groups is 1. The summed E-state index contributed by atoms with van der Waals surface area (Å²) in [5.41, 5.74) is 2.46. The number of carboxylic acids is 1. The first-order chi connectivity index (χ1) is 15.3. The Labute approximate surface area is 197 Å². The summed E-state index contributed by atoms with van der Waals surface area (Å²) in [6.07, 6.45) is 2.11. The van der Waals surface area contributed by atoms with Gasteiger partial charge in [-0.2, -0.15) is 0 Å². The molecule has 0 radical (unpaired) electrons. The summed E-state index contributed by atoms with van der Waals surface area (Å²) in [6.45, 7) is 4.83. The van der Waals surface area contributed by atoms with E-state index in [2.05, 4.69) is 19.9 Å². The number of ether oxygens (including phenoxy) is 1. The van der Waals surface area contributed by atoms with Crippen LogP contribution in [0.25, 0.3) is 0 Å². The molecule has 10 heteroatoms. The lowest BCUT2D eigenvalue weighted by molar-refractivity contribution is -0.922. The summed E-state index contributed by atoms with van der Waals surface area (Å²) in [4.78, 5) is 21.0. The van der Waals surface area contributed by atoms with Crippen LogP contribution in [0, 0.1) is 13.8 Å². The zero-order valence-electron chi connectivity index (χ0n) is 20.5. The van der Waals surface area contributed by atoms with Crippen molar-refractivity contribution < 1.29 is 42.7 Å². The Morgan fingerprint density at radius 1 is 1.00 bits per heavy atom. The van der Waals surface area contributed by atoms with Gasteiger partial charge in [-0.05, 0) is 49.9 Å². The van der Waals surface area contributed by atoms with Gasteiger partial charge in [0.1, 0.15) is 5.75 Å². The van der Waals surface area contributed by atoms with Crippen LogP contribution in [0.15, 0.2) is 18.2 Å². The summed E-state index contributed by atoms with van der Waals surface area (Å²) in [7, 11) is 0.395. The molecule has 190 valence electrons. The molecule has 33 heavy (non-hydrogen) atoms. The average Bonchev–Trinajstić information content (AvgIpc) is 2.69. The third kappa shape index (κ3) is 12.5. The number of unbranched alkanes of at least 4 members (excludes halogenated alkanes) is 5. The molecule has 9 nitrogen and oxygen atoms in total. The van der Waals surface area contributed by atoms with E-state index >= 15 is 0 Å². The molecule has 0 heterocycles. The number of hydrogen-bond donors (Lipinski definition) is 3. The molecule has 0 bridgehead atoms. The molecule has 0 fully saturated rings. The number of aliphatic carboxylic acids is 1. The van der Waals surface area contributed by atoms with E-state index in [0.29, 0.717) is 13.0 Å². The number of benzene rings is 1. The number of carboxylic acid groups (broad SMARTS) is 1. The molecule has 1 aromatic rings. The van der Waals surface area contributed by atoms with Crippen LogP contribution < -0.4 is 4.74 Å². The molecule has 0 spiro atoms. The molecule has 0 saturated carbocycles. The SMILES string of the molecule is Cc1ccc(OCCCCCCCCOP(=O)(O)O[C@H](CC(=O)O)C(O)[N+](C)(C)C)cc1C. The van der Waals surface area contributed by atoms with E-state index in [4.69, 9.17) is 18.9 Å². The quantitative estimate of drug-likeness (QED) is 0.130. The Kier molecular flexibility index (Phi) is 12.6. The van der Waals surface area contributed by atoms with Crippen molar-refractivity contribution in [3.8, 4) is 5.75 Å². The topological polar surface area (TPSA) is 123 Å². The first kappa shape index (κ1) is 29.6. The fourth-order valence-electron chi connectivity index (χ4n) is 3.15. The average molecular weight is 491 g/mol. The lowest BCUT2D eigenvalue weighted by Crippen LogP contribution is -2.52. The zero-order valence-corrected chi connectivity index (χ0v) is 21.4. The van der Waals surface area contributed by atoms with E-state index in [-0.39, 0.29) is 11.1 Å². The number of quaternary nitrogens is 1. The number of rotatable bonds is 17. The highest BCUT2D eigenvalue weighted by Gasteiger charge is 2.39. The fourth-order valence-corrected chi connectivity index (χ4v) is 4.10. The molecule has 0 amide bonds. The standard InChI is InChI=1S/C23H40NO8P/c1-18-12-13-20(16-19(18)2)30-14-10-8-6-7-9-11-15-31-33(28,29)32-21(17-22(25)26)23(27)24(3,4)5/h12-13,16,21,23,27H,6-11,14-15,17H2,1-5H3,(H-,25,26,28,29)/p+1/t21-,23?/m1/s1. The van der Waals surface area contributed by atoms with Gasteiger partial charge in [0.2, 0.25) is 6.23 Å². The second kappa shape index (κ2) is 14.0. The fraction of sp³-hybridized carbons (Fsp3) is 0.696. The highest BCUT2D eigenvalue weighted by atomic mass is 31.2. The van der Waals surface area contributed by atoms with Gasteiger partial charge in [-0.3, -0.25) is 13.8 Å². The van der Waals surface area contributed by atoms with Gasteiger partial charge in [0.25, 0.3) is 0 Å². The lowest BCUT2D eigenvalue weighted by Gasteiger charge is -2.34. The van der Waals surface area contributed by atoms with Crippen molar-refractivity contribution in [3.05, 3.63) is 29.3 Å². The van der Waals surface area contributed by atoms with Crippen LogP contribution in [0.5, 0.6) is 5.75 Å². The third-order valence-corrected chi connectivity index (χ3v) is 6.36. The van der Waals surface area contributed by atoms with Crippen LogP contribution in [0.4, 0.5) is 0 Å². The number of likely N-dealkylation sites (N-methyl/N-ethyl adjacent to an activating group) is 1. The number of aryl methyl sites for hydroxylation is 2. The molecule has 0 saturated heterocycles. The highest BCUT2D eigenvalue weighted by molar-refractivity contribution is 7.47. The number of nitrogens with zero attached hydrogens (tertiary/aromatic N) is 1. The Morgan fingerprint density at radius 3 is 2.12 bits per heavy atom. The van der Waals surface area contributed by atoms with Gasteiger partial charge in [-0.1, -0.05) is 31.7 Å². The van der Waals surface area contributed by atoms with Gasteiger partial charge in [-0.25, -0.2) is 4.57 Å². The van der Waals surface area contributed by atoms with Crippen LogP contribution in [0.1, 0.15) is 56.1 Å². The van der Waals surface area contributed by atoms with Crippen molar-refractivity contribution in [1.82, 2.24) is 0 Å². The second-order valence-electron chi connectivity index (χ2n) is 9.29. The first-order valence-corrected chi connectivity index (χ1v) is 12.9. The Hall–Kier alpha value is -1.48. The molecule has 0 aromatic heterocycles. The molecular formula is C23H41NO8P+. The summed E-state index contributed by atoms with van der Waals surface area (Å²) < 4.78 is 27.9. The maximum Gasteiger partial charge on any atom is 0.472 e. The Balaban J connectivity index is 2.20. The number of aliphatic hydroxyl groups is 1. The van der Waals surface area contributed by atoms with Gasteiger partial charge in [0, 0.05) is 0 Å². The minimum Gasteiger partial charge on any atom is -0.494 e. The van der Waals surface area contributed by atoms with Gasteiger partial charge in [0.15, 0.2) is 6.10 Å². The summed E-state index contributed by atoms with van der Waals surface area (Å²) in [5, 5.41) is 19.3. The zero-order chi connectivity index (χ0) is 25.1. The first-order valence-electron chi connectivity index (χ1n) is 11.4. The van der Waals surface area contributed by atoms with Crippen molar-refractivity contribution in [1.29, 1.82) is 0 Å². The van der Waals surface area contributed by atoms with E-state index < -0.39 is 32.5 Å².